The van der Waals surface area contributed by atoms with Crippen LogP contribution in [-0.2, 0) is 4.79 Å². The van der Waals surface area contributed by atoms with Gasteiger partial charge in [0, 0.05) is 6.42 Å². The molecule has 2 atom stereocenters. The summed E-state index contributed by atoms with van der Waals surface area (Å²) < 4.78 is 0. The first-order valence-electron chi connectivity index (χ1n) is 27.7. The molecule has 0 saturated heterocycles. The summed E-state index contributed by atoms with van der Waals surface area (Å²) in [5.41, 5.74) is 0. The second-order valence-corrected chi connectivity index (χ2v) is 19.0. The maximum atomic E-state index is 12.5. The highest BCUT2D eigenvalue weighted by molar-refractivity contribution is 5.76. The number of nitrogens with one attached hydrogen (secondary N) is 1. The molecule has 0 bridgehead atoms. The lowest BCUT2D eigenvalue weighted by molar-refractivity contribution is -0.123. The molecule has 0 aromatic carbocycles. The monoisotopic (exact) mass is 856 g/mol. The zero-order valence-electron chi connectivity index (χ0n) is 41.4. The summed E-state index contributed by atoms with van der Waals surface area (Å²) in [4.78, 5) is 12.5. The molecule has 4 nitrogen and oxygen atoms in total. The highest BCUT2D eigenvalue weighted by Crippen LogP contribution is 2.17. The van der Waals surface area contributed by atoms with Gasteiger partial charge in [0.15, 0.2) is 0 Å². The lowest BCUT2D eigenvalue weighted by Crippen LogP contribution is -2.45. The van der Waals surface area contributed by atoms with Crippen molar-refractivity contribution in [1.82, 2.24) is 5.32 Å². The van der Waals surface area contributed by atoms with Gasteiger partial charge in [-0.3, -0.25) is 4.79 Å². The third-order valence-electron chi connectivity index (χ3n) is 12.8. The number of aliphatic hydroxyl groups excluding tert-OH is 2. The third kappa shape index (κ3) is 49.5. The van der Waals surface area contributed by atoms with Gasteiger partial charge in [0.25, 0.3) is 0 Å². The molecule has 2 unspecified atom stereocenters. The van der Waals surface area contributed by atoms with E-state index < -0.39 is 12.1 Å². The van der Waals surface area contributed by atoms with E-state index in [4.69, 9.17) is 0 Å². The topological polar surface area (TPSA) is 69.6 Å². The van der Waals surface area contributed by atoms with Crippen LogP contribution in [0.1, 0.15) is 303 Å². The molecule has 0 aliphatic heterocycles. The average Bonchev–Trinajstić information content (AvgIpc) is 3.26. The van der Waals surface area contributed by atoms with Crippen LogP contribution in [-0.4, -0.2) is 34.9 Å². The number of carbonyl (C=O) groups is 1. The Kier molecular flexibility index (Phi) is 51.7. The minimum Gasteiger partial charge on any atom is -0.394 e. The smallest absolute Gasteiger partial charge is 0.220 e. The van der Waals surface area contributed by atoms with E-state index >= 15 is 0 Å². The van der Waals surface area contributed by atoms with Gasteiger partial charge in [0.1, 0.15) is 0 Å². The van der Waals surface area contributed by atoms with Crippen molar-refractivity contribution in [3.8, 4) is 0 Å². The van der Waals surface area contributed by atoms with E-state index in [0.29, 0.717) is 6.42 Å². The van der Waals surface area contributed by atoms with Gasteiger partial charge in [-0.2, -0.15) is 0 Å². The molecular weight excluding hydrogens is 747 g/mol. The van der Waals surface area contributed by atoms with Gasteiger partial charge in [-0.05, 0) is 57.8 Å². The average molecular weight is 857 g/mol. The Morgan fingerprint density at radius 3 is 0.951 bits per heavy atom. The summed E-state index contributed by atoms with van der Waals surface area (Å²) in [6.07, 6.45) is 71.6. The molecule has 0 aliphatic carbocycles. The predicted molar refractivity (Wildman–Crippen MR) is 272 cm³/mol. The van der Waals surface area contributed by atoms with Crippen molar-refractivity contribution in [2.45, 2.75) is 315 Å². The van der Waals surface area contributed by atoms with E-state index in [0.717, 1.165) is 32.1 Å². The number of hydrogen-bond acceptors (Lipinski definition) is 3. The van der Waals surface area contributed by atoms with Crippen LogP contribution in [0.3, 0.4) is 0 Å². The molecule has 360 valence electrons. The summed E-state index contributed by atoms with van der Waals surface area (Å²) in [6.45, 7) is 4.33. The highest BCUT2D eigenvalue weighted by Gasteiger charge is 2.18. The zero-order valence-corrected chi connectivity index (χ0v) is 41.4. The second-order valence-electron chi connectivity index (χ2n) is 19.0. The van der Waals surface area contributed by atoms with Gasteiger partial charge in [-0.25, -0.2) is 0 Å². The number of hydrogen-bond donors (Lipinski definition) is 3. The molecule has 0 rings (SSSR count). The number of allylic oxidation sites excluding steroid dienone is 5. The molecule has 0 saturated carbocycles. The predicted octanol–water partition coefficient (Wildman–Crippen LogP) is 18.1. The Morgan fingerprint density at radius 2 is 0.639 bits per heavy atom. The van der Waals surface area contributed by atoms with Gasteiger partial charge in [0.2, 0.25) is 5.91 Å². The van der Waals surface area contributed by atoms with Crippen LogP contribution < -0.4 is 5.32 Å². The number of carbonyl (C=O) groups excluding carboxylic acids is 1. The van der Waals surface area contributed by atoms with Gasteiger partial charge in [-0.15, -0.1) is 0 Å². The second kappa shape index (κ2) is 53.0. The standard InChI is InChI=1S/C57H109NO3/c1-3-5-7-9-11-13-15-17-19-21-23-25-26-27-28-29-30-31-33-35-37-39-41-43-45-47-49-51-53-57(61)58-55(54-59)56(60)52-50-48-46-44-42-40-38-36-34-32-24-22-20-18-16-14-12-10-8-6-4-2/h27-28,42,44,50,52,55-56,59-60H,3-26,29-41,43,45-49,51,53-54H2,1-2H3,(H,58,61)/b28-27-,44-42+,52-50+. The van der Waals surface area contributed by atoms with Crippen molar-refractivity contribution in [2.24, 2.45) is 0 Å². The minimum atomic E-state index is -0.862. The van der Waals surface area contributed by atoms with Crippen molar-refractivity contribution in [1.29, 1.82) is 0 Å². The van der Waals surface area contributed by atoms with Crippen LogP contribution in [0.15, 0.2) is 36.5 Å². The zero-order chi connectivity index (χ0) is 44.2. The van der Waals surface area contributed by atoms with Gasteiger partial charge < -0.3 is 15.5 Å². The molecule has 0 fully saturated rings. The maximum Gasteiger partial charge on any atom is 0.220 e. The number of aliphatic hydroxyl groups is 2. The van der Waals surface area contributed by atoms with Crippen molar-refractivity contribution < 1.29 is 15.0 Å². The first-order valence-corrected chi connectivity index (χ1v) is 27.7. The van der Waals surface area contributed by atoms with E-state index in [-0.39, 0.29) is 12.5 Å². The van der Waals surface area contributed by atoms with Crippen molar-refractivity contribution >= 4 is 5.91 Å². The molecule has 0 aliphatic rings. The Morgan fingerprint density at radius 1 is 0.377 bits per heavy atom. The fourth-order valence-corrected chi connectivity index (χ4v) is 8.60. The molecular formula is C57H109NO3. The number of rotatable bonds is 51. The Bertz CT molecular complexity index is 928. The SMILES string of the molecule is CCCCCCCCCCCCCC/C=C\CCCCCCCCCCCCCCC(=O)NC(CO)C(O)/C=C/CC/C=C/CCCCCCCCCCCCCCCCC. The quantitative estimate of drug-likeness (QED) is 0.0422. The molecule has 0 radical (unpaired) electrons. The largest absolute Gasteiger partial charge is 0.394 e. The normalized spacial score (nSPS) is 13.0. The van der Waals surface area contributed by atoms with Gasteiger partial charge >= 0.3 is 0 Å². The molecule has 0 heterocycles. The molecule has 0 spiro atoms. The summed E-state index contributed by atoms with van der Waals surface area (Å²) >= 11 is 0. The Balaban J connectivity index is 3.51. The first kappa shape index (κ1) is 59.6. The lowest BCUT2D eigenvalue weighted by atomic mass is 10.0. The van der Waals surface area contributed by atoms with Crippen LogP contribution in [0, 0.1) is 0 Å². The van der Waals surface area contributed by atoms with E-state index in [2.05, 4.69) is 43.5 Å². The highest BCUT2D eigenvalue weighted by atomic mass is 16.3. The summed E-state index contributed by atoms with van der Waals surface area (Å²) in [5.74, 6) is -0.0703. The maximum absolute atomic E-state index is 12.5. The summed E-state index contributed by atoms with van der Waals surface area (Å²) in [5, 5.41) is 23.1. The number of amides is 1. The van der Waals surface area contributed by atoms with Gasteiger partial charge in [-0.1, -0.05) is 275 Å². The fourth-order valence-electron chi connectivity index (χ4n) is 8.60. The van der Waals surface area contributed by atoms with Crippen LogP contribution in [0.5, 0.6) is 0 Å². The molecule has 1 amide bonds. The molecule has 0 aromatic rings. The lowest BCUT2D eigenvalue weighted by Gasteiger charge is -2.19. The molecule has 3 N–H and O–H groups in total. The molecule has 0 aromatic heterocycles. The minimum absolute atomic E-state index is 0.0703. The van der Waals surface area contributed by atoms with E-state index in [9.17, 15) is 15.0 Å². The molecule has 61 heavy (non-hydrogen) atoms. The van der Waals surface area contributed by atoms with Crippen LogP contribution >= 0.6 is 0 Å². The van der Waals surface area contributed by atoms with E-state index in [1.165, 1.54) is 250 Å². The Hall–Kier alpha value is -1.39. The third-order valence-corrected chi connectivity index (χ3v) is 12.8. The fraction of sp³-hybridized carbons (Fsp3) is 0.877. The van der Waals surface area contributed by atoms with Crippen molar-refractivity contribution in [3.05, 3.63) is 36.5 Å². The molecule has 4 heteroatoms. The van der Waals surface area contributed by atoms with Crippen LogP contribution in [0.2, 0.25) is 0 Å². The first-order chi connectivity index (χ1) is 30.2. The summed E-state index contributed by atoms with van der Waals surface area (Å²) in [6, 6.07) is -0.639. The van der Waals surface area contributed by atoms with E-state index in [1.54, 1.807) is 6.08 Å². The summed E-state index contributed by atoms with van der Waals surface area (Å²) in [7, 11) is 0. The van der Waals surface area contributed by atoms with Crippen molar-refractivity contribution in [2.75, 3.05) is 6.61 Å². The van der Waals surface area contributed by atoms with Crippen molar-refractivity contribution in [3.63, 3.8) is 0 Å². The van der Waals surface area contributed by atoms with Gasteiger partial charge in [0.05, 0.1) is 18.8 Å². The Labute approximate surface area is 382 Å². The van der Waals surface area contributed by atoms with E-state index in [1.807, 2.05) is 6.08 Å². The van der Waals surface area contributed by atoms with Crippen LogP contribution in [0.4, 0.5) is 0 Å². The number of unbranched alkanes of at least 4 members (excludes halogenated alkanes) is 40. The van der Waals surface area contributed by atoms with Crippen LogP contribution in [0.25, 0.3) is 0 Å².